The fourth-order valence-electron chi connectivity index (χ4n) is 3.91. The largest absolute Gasteiger partial charge is 0.493 e. The molecule has 0 spiro atoms. The second kappa shape index (κ2) is 10.4. The van der Waals surface area contributed by atoms with E-state index in [2.05, 4.69) is 11.2 Å². The number of benzene rings is 2. The van der Waals surface area contributed by atoms with Crippen LogP contribution in [0.15, 0.2) is 42.5 Å². The van der Waals surface area contributed by atoms with Crippen molar-refractivity contribution in [1.29, 1.82) is 0 Å². The van der Waals surface area contributed by atoms with Gasteiger partial charge in [-0.2, -0.15) is 0 Å². The summed E-state index contributed by atoms with van der Waals surface area (Å²) in [6.07, 6.45) is 7.93. The molecule has 3 unspecified atom stereocenters. The summed E-state index contributed by atoms with van der Waals surface area (Å²) in [7, 11) is 1.59. The molecule has 0 radical (unpaired) electrons. The Balaban J connectivity index is 1.75. The molecule has 0 saturated heterocycles. The molecule has 1 aliphatic carbocycles. The molecule has 5 nitrogen and oxygen atoms in total. The number of carbonyl (C=O) groups is 1. The Kier molecular flexibility index (Phi) is 7.62. The van der Waals surface area contributed by atoms with Crippen LogP contribution in [-0.4, -0.2) is 30.8 Å². The predicted octanol–water partition coefficient (Wildman–Crippen LogP) is 4.24. The van der Waals surface area contributed by atoms with E-state index >= 15 is 0 Å². The maximum atomic E-state index is 12.7. The molecule has 2 aromatic rings. The lowest BCUT2D eigenvalue weighted by Crippen LogP contribution is -2.43. The first-order chi connectivity index (χ1) is 14.5. The number of terminal acetylenes is 1. The summed E-state index contributed by atoms with van der Waals surface area (Å²) < 4.78 is 11.0. The highest BCUT2D eigenvalue weighted by Gasteiger charge is 2.30. The monoisotopic (exact) mass is 427 g/mol. The average Bonchev–Trinajstić information content (AvgIpc) is 2.78. The molecule has 3 atom stereocenters. The molecule has 0 aliphatic heterocycles. The van der Waals surface area contributed by atoms with Crippen LogP contribution >= 0.6 is 11.6 Å². The van der Waals surface area contributed by atoms with E-state index in [-0.39, 0.29) is 18.6 Å². The lowest BCUT2D eigenvalue weighted by atomic mass is 9.79. The fraction of sp³-hybridized carbons (Fsp3) is 0.375. The molecule has 1 amide bonds. The number of rotatable bonds is 7. The molecule has 1 aliphatic rings. The van der Waals surface area contributed by atoms with Gasteiger partial charge in [0, 0.05) is 17.0 Å². The first-order valence-corrected chi connectivity index (χ1v) is 10.4. The number of methoxy groups -OCH3 is 1. The molecule has 1 fully saturated rings. The standard InChI is InChI=1S/C24H26ClNO4/c1-3-14-30-21-13-10-17(15-22(21)29-2)19-6-4-5-7-20(19)26-24(28)23(27)16-8-11-18(25)12-9-16/h1,8-13,15,19-20,23,27H,4-7,14H2,2H3,(H,26,28). The van der Waals surface area contributed by atoms with Crippen LogP contribution in [0.2, 0.25) is 5.02 Å². The summed E-state index contributed by atoms with van der Waals surface area (Å²) in [4.78, 5) is 12.7. The number of aliphatic hydroxyl groups is 1. The van der Waals surface area contributed by atoms with Gasteiger partial charge in [0.1, 0.15) is 6.61 Å². The van der Waals surface area contributed by atoms with Gasteiger partial charge < -0.3 is 19.9 Å². The van der Waals surface area contributed by atoms with Gasteiger partial charge in [-0.25, -0.2) is 0 Å². The van der Waals surface area contributed by atoms with E-state index in [9.17, 15) is 9.90 Å². The normalized spacial score (nSPS) is 19.4. The molecule has 158 valence electrons. The molecule has 3 rings (SSSR count). The van der Waals surface area contributed by atoms with Gasteiger partial charge in [0.05, 0.1) is 7.11 Å². The van der Waals surface area contributed by atoms with Gasteiger partial charge in [0.2, 0.25) is 0 Å². The second-order valence-electron chi connectivity index (χ2n) is 7.36. The molecule has 0 heterocycles. The zero-order valence-electron chi connectivity index (χ0n) is 16.9. The first kappa shape index (κ1) is 22.0. The summed E-state index contributed by atoms with van der Waals surface area (Å²) in [5, 5.41) is 14.1. The van der Waals surface area contributed by atoms with Crippen molar-refractivity contribution in [3.05, 3.63) is 58.6 Å². The molecular formula is C24H26ClNO4. The number of hydrogen-bond acceptors (Lipinski definition) is 4. The smallest absolute Gasteiger partial charge is 0.253 e. The maximum absolute atomic E-state index is 12.7. The minimum absolute atomic E-state index is 0.0737. The van der Waals surface area contributed by atoms with E-state index in [1.807, 2.05) is 18.2 Å². The Labute approximate surface area is 182 Å². The third kappa shape index (κ3) is 5.27. The maximum Gasteiger partial charge on any atom is 0.253 e. The highest BCUT2D eigenvalue weighted by Crippen LogP contribution is 2.38. The summed E-state index contributed by atoms with van der Waals surface area (Å²) in [6.45, 7) is 0.167. The lowest BCUT2D eigenvalue weighted by molar-refractivity contribution is -0.130. The minimum Gasteiger partial charge on any atom is -0.493 e. The van der Waals surface area contributed by atoms with E-state index in [0.717, 1.165) is 31.2 Å². The Bertz CT molecular complexity index is 906. The first-order valence-electron chi connectivity index (χ1n) is 10.0. The molecule has 0 bridgehead atoms. The SMILES string of the molecule is C#CCOc1ccc(C2CCCCC2NC(=O)C(O)c2ccc(Cl)cc2)cc1OC. The molecule has 1 saturated carbocycles. The van der Waals surface area contributed by atoms with Crippen LogP contribution in [0.5, 0.6) is 11.5 Å². The van der Waals surface area contributed by atoms with Crippen molar-refractivity contribution in [2.24, 2.45) is 0 Å². The van der Waals surface area contributed by atoms with Crippen molar-refractivity contribution in [2.75, 3.05) is 13.7 Å². The molecule has 2 N–H and O–H groups in total. The van der Waals surface area contributed by atoms with Gasteiger partial charge in [-0.3, -0.25) is 4.79 Å². The molecule has 30 heavy (non-hydrogen) atoms. The average molecular weight is 428 g/mol. The van der Waals surface area contributed by atoms with Gasteiger partial charge in [-0.15, -0.1) is 6.42 Å². The van der Waals surface area contributed by atoms with Crippen molar-refractivity contribution < 1.29 is 19.4 Å². The van der Waals surface area contributed by atoms with E-state index < -0.39 is 12.0 Å². The molecule has 6 heteroatoms. The number of carbonyl (C=O) groups excluding carboxylic acids is 1. The third-order valence-corrected chi connectivity index (χ3v) is 5.71. The fourth-order valence-corrected chi connectivity index (χ4v) is 4.04. The van der Waals surface area contributed by atoms with E-state index in [0.29, 0.717) is 22.1 Å². The van der Waals surface area contributed by atoms with Crippen LogP contribution in [-0.2, 0) is 4.79 Å². The van der Waals surface area contributed by atoms with Crippen molar-refractivity contribution in [3.63, 3.8) is 0 Å². The van der Waals surface area contributed by atoms with E-state index in [1.54, 1.807) is 31.4 Å². The van der Waals surface area contributed by atoms with Crippen LogP contribution in [0.25, 0.3) is 0 Å². The number of ether oxygens (including phenoxy) is 2. The van der Waals surface area contributed by atoms with Crippen LogP contribution in [0.4, 0.5) is 0 Å². The zero-order chi connectivity index (χ0) is 21.5. The van der Waals surface area contributed by atoms with E-state index in [1.165, 1.54) is 0 Å². The zero-order valence-corrected chi connectivity index (χ0v) is 17.7. The van der Waals surface area contributed by atoms with Gasteiger partial charge in [0.25, 0.3) is 5.91 Å². The van der Waals surface area contributed by atoms with Crippen molar-refractivity contribution >= 4 is 17.5 Å². The Morgan fingerprint density at radius 1 is 1.23 bits per heavy atom. The Morgan fingerprint density at radius 3 is 2.67 bits per heavy atom. The molecular weight excluding hydrogens is 402 g/mol. The van der Waals surface area contributed by atoms with Crippen molar-refractivity contribution in [3.8, 4) is 23.8 Å². The summed E-state index contributed by atoms with van der Waals surface area (Å²) >= 11 is 5.89. The van der Waals surface area contributed by atoms with Gasteiger partial charge >= 0.3 is 0 Å². The molecule has 0 aromatic heterocycles. The van der Waals surface area contributed by atoms with Gasteiger partial charge in [-0.1, -0.05) is 48.6 Å². The lowest BCUT2D eigenvalue weighted by Gasteiger charge is -2.33. The number of halogens is 1. The quantitative estimate of drug-likeness (QED) is 0.648. The van der Waals surface area contributed by atoms with Gasteiger partial charge in [0.15, 0.2) is 17.6 Å². The number of hydrogen-bond donors (Lipinski definition) is 2. The molecule has 2 aromatic carbocycles. The highest BCUT2D eigenvalue weighted by molar-refractivity contribution is 6.30. The highest BCUT2D eigenvalue weighted by atomic mass is 35.5. The second-order valence-corrected chi connectivity index (χ2v) is 7.80. The van der Waals surface area contributed by atoms with Crippen LogP contribution in [0.3, 0.4) is 0 Å². The number of aliphatic hydroxyl groups excluding tert-OH is 1. The Morgan fingerprint density at radius 2 is 1.97 bits per heavy atom. The number of amides is 1. The summed E-state index contributed by atoms with van der Waals surface area (Å²) in [5.41, 5.74) is 1.58. The topological polar surface area (TPSA) is 67.8 Å². The summed E-state index contributed by atoms with van der Waals surface area (Å²) in [5.74, 6) is 3.36. The van der Waals surface area contributed by atoms with Crippen LogP contribution in [0.1, 0.15) is 48.8 Å². The van der Waals surface area contributed by atoms with Crippen LogP contribution in [0, 0.1) is 12.3 Å². The minimum atomic E-state index is -1.24. The third-order valence-electron chi connectivity index (χ3n) is 5.45. The predicted molar refractivity (Wildman–Crippen MR) is 117 cm³/mol. The van der Waals surface area contributed by atoms with Gasteiger partial charge in [-0.05, 0) is 48.2 Å². The van der Waals surface area contributed by atoms with Crippen LogP contribution < -0.4 is 14.8 Å². The Hall–Kier alpha value is -2.68. The van der Waals surface area contributed by atoms with E-state index in [4.69, 9.17) is 27.5 Å². The van der Waals surface area contributed by atoms with Crippen molar-refractivity contribution in [1.82, 2.24) is 5.32 Å². The number of nitrogens with one attached hydrogen (secondary N) is 1. The summed E-state index contributed by atoms with van der Waals surface area (Å²) in [6, 6.07) is 12.3. The van der Waals surface area contributed by atoms with Crippen molar-refractivity contribution in [2.45, 2.75) is 43.7 Å².